The minimum atomic E-state index is -0.561. The summed E-state index contributed by atoms with van der Waals surface area (Å²) in [7, 11) is 1.62. The molecule has 0 aliphatic rings. The number of hydrogen-bond donors (Lipinski definition) is 1. The van der Waals surface area contributed by atoms with Gasteiger partial charge in [-0.3, -0.25) is 14.8 Å². The van der Waals surface area contributed by atoms with E-state index < -0.39 is 4.92 Å². The molecule has 0 bridgehead atoms. The minimum Gasteiger partial charge on any atom is -0.430 e. The maximum Gasteiger partial charge on any atom is 0.352 e. The molecular weight excluding hydrogens is 264 g/mol. The number of hydrogen-bond acceptors (Lipinski definition) is 7. The fourth-order valence-corrected chi connectivity index (χ4v) is 1.62. The van der Waals surface area contributed by atoms with Crippen LogP contribution in [0.3, 0.4) is 0 Å². The predicted molar refractivity (Wildman–Crippen MR) is 70.9 cm³/mol. The monoisotopic (exact) mass is 278 g/mol. The van der Waals surface area contributed by atoms with Gasteiger partial charge in [0, 0.05) is 13.6 Å². The van der Waals surface area contributed by atoms with Gasteiger partial charge in [0.1, 0.15) is 5.69 Å². The summed E-state index contributed by atoms with van der Waals surface area (Å²) in [6.45, 7) is 4.13. The third kappa shape index (κ3) is 2.66. The number of nitrogens with zero attached hydrogens (tertiary/aromatic N) is 5. The summed E-state index contributed by atoms with van der Waals surface area (Å²) < 4.78 is 7.11. The van der Waals surface area contributed by atoms with Crippen LogP contribution in [0.2, 0.25) is 0 Å². The molecule has 20 heavy (non-hydrogen) atoms. The first-order chi connectivity index (χ1) is 9.55. The van der Waals surface area contributed by atoms with E-state index in [4.69, 9.17) is 4.74 Å². The molecule has 2 heterocycles. The lowest BCUT2D eigenvalue weighted by Gasteiger charge is -2.06. The van der Waals surface area contributed by atoms with Crippen molar-refractivity contribution in [2.45, 2.75) is 20.4 Å². The molecule has 106 valence electrons. The third-order valence-electron chi connectivity index (χ3n) is 2.58. The first-order valence-electron chi connectivity index (χ1n) is 5.96. The highest BCUT2D eigenvalue weighted by molar-refractivity contribution is 5.50. The van der Waals surface area contributed by atoms with E-state index in [2.05, 4.69) is 20.4 Å². The zero-order chi connectivity index (χ0) is 14.7. The van der Waals surface area contributed by atoms with Crippen LogP contribution in [0, 0.1) is 17.0 Å². The molecule has 0 spiro atoms. The molecule has 9 nitrogen and oxygen atoms in total. The SMILES string of the molecule is CCn1cc(Oc2nc(NC)nc(C)c2[N+](=O)[O-])cn1. The molecule has 2 aromatic rings. The Kier molecular flexibility index (Phi) is 3.78. The maximum absolute atomic E-state index is 11.1. The molecule has 2 rings (SSSR count). The van der Waals surface area contributed by atoms with Crippen LogP contribution in [0.4, 0.5) is 11.6 Å². The number of aryl methyl sites for hydroxylation is 2. The Labute approximate surface area is 114 Å². The Morgan fingerprint density at radius 2 is 2.25 bits per heavy atom. The van der Waals surface area contributed by atoms with Crippen LogP contribution in [-0.4, -0.2) is 31.7 Å². The van der Waals surface area contributed by atoms with Crippen molar-refractivity contribution >= 4 is 11.6 Å². The van der Waals surface area contributed by atoms with Gasteiger partial charge in [0.15, 0.2) is 5.75 Å². The number of anilines is 1. The summed E-state index contributed by atoms with van der Waals surface area (Å²) in [6, 6.07) is 0. The van der Waals surface area contributed by atoms with Gasteiger partial charge in [0.05, 0.1) is 17.3 Å². The van der Waals surface area contributed by atoms with E-state index in [0.29, 0.717) is 12.3 Å². The minimum absolute atomic E-state index is 0.109. The number of nitrogens with one attached hydrogen (secondary N) is 1. The Hall–Kier alpha value is -2.71. The zero-order valence-electron chi connectivity index (χ0n) is 11.3. The first-order valence-corrected chi connectivity index (χ1v) is 5.96. The van der Waals surface area contributed by atoms with Gasteiger partial charge in [-0.1, -0.05) is 0 Å². The summed E-state index contributed by atoms with van der Waals surface area (Å²) in [4.78, 5) is 18.5. The number of nitro groups is 1. The fraction of sp³-hybridized carbons (Fsp3) is 0.364. The van der Waals surface area contributed by atoms with E-state index in [9.17, 15) is 10.1 Å². The molecule has 0 radical (unpaired) electrons. The van der Waals surface area contributed by atoms with E-state index in [-0.39, 0.29) is 23.2 Å². The molecule has 0 unspecified atom stereocenters. The number of rotatable bonds is 5. The molecular formula is C11H14N6O3. The van der Waals surface area contributed by atoms with E-state index in [1.54, 1.807) is 17.9 Å². The maximum atomic E-state index is 11.1. The fourth-order valence-electron chi connectivity index (χ4n) is 1.62. The topological polar surface area (TPSA) is 108 Å². The molecule has 0 amide bonds. The van der Waals surface area contributed by atoms with Crippen molar-refractivity contribution in [3.05, 3.63) is 28.2 Å². The normalized spacial score (nSPS) is 10.3. The van der Waals surface area contributed by atoms with Crippen LogP contribution >= 0.6 is 0 Å². The van der Waals surface area contributed by atoms with Gasteiger partial charge in [-0.25, -0.2) is 4.98 Å². The highest BCUT2D eigenvalue weighted by atomic mass is 16.6. The molecule has 0 fully saturated rings. The van der Waals surface area contributed by atoms with Crippen molar-refractivity contribution in [3.63, 3.8) is 0 Å². The van der Waals surface area contributed by atoms with Crippen LogP contribution in [0.25, 0.3) is 0 Å². The van der Waals surface area contributed by atoms with Crippen molar-refractivity contribution in [2.75, 3.05) is 12.4 Å². The lowest BCUT2D eigenvalue weighted by Crippen LogP contribution is -2.05. The Morgan fingerprint density at radius 1 is 1.50 bits per heavy atom. The smallest absolute Gasteiger partial charge is 0.352 e. The standard InChI is InChI=1S/C11H14N6O3/c1-4-16-6-8(5-13-16)20-10-9(17(18)19)7(2)14-11(12-3)15-10/h5-6H,4H2,1-3H3,(H,12,14,15). The Morgan fingerprint density at radius 3 is 2.80 bits per heavy atom. The van der Waals surface area contributed by atoms with Crippen LogP contribution in [0.1, 0.15) is 12.6 Å². The van der Waals surface area contributed by atoms with Crippen LogP contribution < -0.4 is 10.1 Å². The van der Waals surface area contributed by atoms with Gasteiger partial charge in [-0.05, 0) is 13.8 Å². The summed E-state index contributed by atoms with van der Waals surface area (Å²) >= 11 is 0. The van der Waals surface area contributed by atoms with Gasteiger partial charge in [-0.2, -0.15) is 10.1 Å². The average molecular weight is 278 g/mol. The lowest BCUT2D eigenvalue weighted by molar-refractivity contribution is -0.386. The number of ether oxygens (including phenoxy) is 1. The van der Waals surface area contributed by atoms with Gasteiger partial charge < -0.3 is 10.1 Å². The molecule has 2 aromatic heterocycles. The molecule has 0 aromatic carbocycles. The van der Waals surface area contributed by atoms with Crippen molar-refractivity contribution in [3.8, 4) is 11.6 Å². The summed E-state index contributed by atoms with van der Waals surface area (Å²) in [5.41, 5.74) is -0.0273. The molecule has 0 saturated heterocycles. The second-order valence-corrected chi connectivity index (χ2v) is 3.93. The second-order valence-electron chi connectivity index (χ2n) is 3.93. The highest BCUT2D eigenvalue weighted by Gasteiger charge is 2.24. The highest BCUT2D eigenvalue weighted by Crippen LogP contribution is 2.32. The van der Waals surface area contributed by atoms with Gasteiger partial charge in [0.25, 0.3) is 0 Å². The molecule has 0 aliphatic heterocycles. The lowest BCUT2D eigenvalue weighted by atomic mass is 10.3. The first kappa shape index (κ1) is 13.7. The van der Waals surface area contributed by atoms with E-state index in [1.807, 2.05) is 6.92 Å². The van der Waals surface area contributed by atoms with E-state index in [1.165, 1.54) is 13.1 Å². The molecule has 1 N–H and O–H groups in total. The largest absolute Gasteiger partial charge is 0.430 e. The Balaban J connectivity index is 2.42. The summed E-state index contributed by atoms with van der Waals surface area (Å²) in [6.07, 6.45) is 3.12. The van der Waals surface area contributed by atoms with Crippen molar-refractivity contribution in [1.82, 2.24) is 19.7 Å². The third-order valence-corrected chi connectivity index (χ3v) is 2.58. The Bertz CT molecular complexity index is 639. The van der Waals surface area contributed by atoms with E-state index >= 15 is 0 Å². The average Bonchev–Trinajstić information content (AvgIpc) is 2.85. The molecule has 0 saturated carbocycles. The molecule has 0 atom stereocenters. The van der Waals surface area contributed by atoms with Crippen molar-refractivity contribution in [2.24, 2.45) is 0 Å². The van der Waals surface area contributed by atoms with E-state index in [0.717, 1.165) is 0 Å². The molecule has 0 aliphatic carbocycles. The predicted octanol–water partition coefficient (Wildman–Crippen LogP) is 1.74. The zero-order valence-corrected chi connectivity index (χ0v) is 11.3. The number of aromatic nitrogens is 4. The van der Waals surface area contributed by atoms with Crippen LogP contribution in [0.15, 0.2) is 12.4 Å². The molecule has 9 heteroatoms. The van der Waals surface area contributed by atoms with Gasteiger partial charge in [0.2, 0.25) is 5.95 Å². The van der Waals surface area contributed by atoms with Crippen LogP contribution in [0.5, 0.6) is 11.6 Å². The van der Waals surface area contributed by atoms with Gasteiger partial charge in [-0.15, -0.1) is 0 Å². The van der Waals surface area contributed by atoms with Crippen LogP contribution in [-0.2, 0) is 6.54 Å². The quantitative estimate of drug-likeness (QED) is 0.655. The van der Waals surface area contributed by atoms with Crippen molar-refractivity contribution in [1.29, 1.82) is 0 Å². The van der Waals surface area contributed by atoms with Gasteiger partial charge >= 0.3 is 11.6 Å². The van der Waals surface area contributed by atoms with Crippen molar-refractivity contribution < 1.29 is 9.66 Å². The second kappa shape index (κ2) is 5.51. The summed E-state index contributed by atoms with van der Waals surface area (Å²) in [5.74, 6) is 0.531. The summed E-state index contributed by atoms with van der Waals surface area (Å²) in [5, 5.41) is 17.9.